The molecule has 1 aliphatic heterocycles. The average Bonchev–Trinajstić information content (AvgIpc) is 3.26. The SMILES string of the molecule is Cc1cc(Cl)ccc1OCc1cccc(C(=O)N2CCN(Cc3ccco3)CC2)c1. The molecule has 30 heavy (non-hydrogen) atoms. The van der Waals surface area contributed by atoms with Gasteiger partial charge in [-0.3, -0.25) is 9.69 Å². The Balaban J connectivity index is 1.33. The molecule has 2 aromatic carbocycles. The van der Waals surface area contributed by atoms with Crippen LogP contribution in [0.3, 0.4) is 0 Å². The highest BCUT2D eigenvalue weighted by Gasteiger charge is 2.22. The topological polar surface area (TPSA) is 45.9 Å². The molecule has 6 heteroatoms. The quantitative estimate of drug-likeness (QED) is 0.571. The number of amides is 1. The van der Waals surface area contributed by atoms with Gasteiger partial charge in [0, 0.05) is 36.8 Å². The Morgan fingerprint density at radius 2 is 1.90 bits per heavy atom. The molecule has 5 nitrogen and oxygen atoms in total. The van der Waals surface area contributed by atoms with Gasteiger partial charge in [-0.1, -0.05) is 23.7 Å². The van der Waals surface area contributed by atoms with Gasteiger partial charge in [-0.15, -0.1) is 0 Å². The van der Waals surface area contributed by atoms with Crippen molar-refractivity contribution in [3.05, 3.63) is 88.3 Å². The second-order valence-electron chi connectivity index (χ2n) is 7.55. The molecule has 0 atom stereocenters. The number of hydrogen-bond donors (Lipinski definition) is 0. The van der Waals surface area contributed by atoms with Gasteiger partial charge in [0.05, 0.1) is 12.8 Å². The lowest BCUT2D eigenvalue weighted by Gasteiger charge is -2.34. The van der Waals surface area contributed by atoms with E-state index in [-0.39, 0.29) is 5.91 Å². The van der Waals surface area contributed by atoms with Crippen LogP contribution in [0.1, 0.15) is 27.2 Å². The summed E-state index contributed by atoms with van der Waals surface area (Å²) in [5.41, 5.74) is 2.65. The van der Waals surface area contributed by atoms with Crippen molar-refractivity contribution in [1.29, 1.82) is 0 Å². The van der Waals surface area contributed by atoms with E-state index >= 15 is 0 Å². The minimum atomic E-state index is 0.0668. The van der Waals surface area contributed by atoms with Crippen molar-refractivity contribution in [1.82, 2.24) is 9.80 Å². The maximum absolute atomic E-state index is 13.0. The minimum absolute atomic E-state index is 0.0668. The van der Waals surface area contributed by atoms with Crippen molar-refractivity contribution < 1.29 is 13.9 Å². The predicted molar refractivity (Wildman–Crippen MR) is 117 cm³/mol. The van der Waals surface area contributed by atoms with E-state index in [1.54, 1.807) is 6.26 Å². The fraction of sp³-hybridized carbons (Fsp3) is 0.292. The first-order chi connectivity index (χ1) is 14.6. The van der Waals surface area contributed by atoms with E-state index in [0.29, 0.717) is 30.3 Å². The van der Waals surface area contributed by atoms with Crippen LogP contribution in [0.5, 0.6) is 5.75 Å². The van der Waals surface area contributed by atoms with Crippen molar-refractivity contribution in [2.75, 3.05) is 26.2 Å². The van der Waals surface area contributed by atoms with Gasteiger partial charge < -0.3 is 14.1 Å². The molecule has 156 valence electrons. The molecule has 0 spiro atoms. The van der Waals surface area contributed by atoms with E-state index in [1.165, 1.54) is 0 Å². The lowest BCUT2D eigenvalue weighted by molar-refractivity contribution is 0.0620. The van der Waals surface area contributed by atoms with Crippen LogP contribution in [0, 0.1) is 6.92 Å². The van der Waals surface area contributed by atoms with Crippen LogP contribution in [-0.4, -0.2) is 41.9 Å². The Morgan fingerprint density at radius 3 is 2.63 bits per heavy atom. The van der Waals surface area contributed by atoms with Gasteiger partial charge in [-0.25, -0.2) is 0 Å². The fourth-order valence-electron chi connectivity index (χ4n) is 3.64. The summed E-state index contributed by atoms with van der Waals surface area (Å²) in [5, 5.41) is 0.691. The van der Waals surface area contributed by atoms with Gasteiger partial charge in [0.25, 0.3) is 5.91 Å². The summed E-state index contributed by atoms with van der Waals surface area (Å²) >= 11 is 6.00. The molecule has 0 unspecified atom stereocenters. The number of ether oxygens (including phenoxy) is 1. The third-order valence-corrected chi connectivity index (χ3v) is 5.56. The maximum Gasteiger partial charge on any atom is 0.253 e. The number of carbonyl (C=O) groups is 1. The number of nitrogens with zero attached hydrogens (tertiary/aromatic N) is 2. The molecule has 2 heterocycles. The average molecular weight is 425 g/mol. The number of furan rings is 1. The lowest BCUT2D eigenvalue weighted by Crippen LogP contribution is -2.48. The number of rotatable bonds is 6. The first-order valence-corrected chi connectivity index (χ1v) is 10.5. The first-order valence-electron chi connectivity index (χ1n) is 10.1. The maximum atomic E-state index is 13.0. The highest BCUT2D eigenvalue weighted by Crippen LogP contribution is 2.23. The van der Waals surface area contributed by atoms with Crippen molar-refractivity contribution in [2.24, 2.45) is 0 Å². The monoisotopic (exact) mass is 424 g/mol. The van der Waals surface area contributed by atoms with Crippen LogP contribution in [0.15, 0.2) is 65.3 Å². The van der Waals surface area contributed by atoms with Gasteiger partial charge >= 0.3 is 0 Å². The molecule has 0 N–H and O–H groups in total. The second kappa shape index (κ2) is 9.37. The number of halogens is 1. The summed E-state index contributed by atoms with van der Waals surface area (Å²) in [5.74, 6) is 1.82. The molecule has 1 saturated heterocycles. The summed E-state index contributed by atoms with van der Waals surface area (Å²) in [6.45, 7) is 6.25. The van der Waals surface area contributed by atoms with Crippen LogP contribution >= 0.6 is 11.6 Å². The second-order valence-corrected chi connectivity index (χ2v) is 7.98. The molecule has 3 aromatic rings. The van der Waals surface area contributed by atoms with Gasteiger partial charge in [-0.2, -0.15) is 0 Å². The molecule has 0 saturated carbocycles. The molecule has 1 fully saturated rings. The highest BCUT2D eigenvalue weighted by molar-refractivity contribution is 6.30. The first kappa shape index (κ1) is 20.5. The van der Waals surface area contributed by atoms with Crippen LogP contribution in [0.2, 0.25) is 5.02 Å². The number of hydrogen-bond acceptors (Lipinski definition) is 4. The Morgan fingerprint density at radius 1 is 1.07 bits per heavy atom. The highest BCUT2D eigenvalue weighted by atomic mass is 35.5. The van der Waals surface area contributed by atoms with Crippen molar-refractivity contribution in [3.8, 4) is 5.75 Å². The van der Waals surface area contributed by atoms with E-state index in [1.807, 2.05) is 66.4 Å². The van der Waals surface area contributed by atoms with Crippen LogP contribution < -0.4 is 4.74 Å². The standard InChI is InChI=1S/C24H25ClN2O3/c1-18-14-21(25)7-8-23(18)30-17-19-4-2-5-20(15-19)24(28)27-11-9-26(10-12-27)16-22-6-3-13-29-22/h2-8,13-15H,9-12,16-17H2,1H3. The van der Waals surface area contributed by atoms with E-state index in [0.717, 1.165) is 42.3 Å². The van der Waals surface area contributed by atoms with Gasteiger partial charge in [-0.05, 0) is 60.5 Å². The molecular formula is C24H25ClN2O3. The molecule has 1 aromatic heterocycles. The van der Waals surface area contributed by atoms with E-state index in [9.17, 15) is 4.79 Å². The lowest BCUT2D eigenvalue weighted by atomic mass is 10.1. The van der Waals surface area contributed by atoms with Crippen molar-refractivity contribution in [3.63, 3.8) is 0 Å². The third kappa shape index (κ3) is 5.04. The molecule has 0 bridgehead atoms. The summed E-state index contributed by atoms with van der Waals surface area (Å²) in [6.07, 6.45) is 1.69. The van der Waals surface area contributed by atoms with Crippen LogP contribution in [-0.2, 0) is 13.2 Å². The zero-order chi connectivity index (χ0) is 20.9. The van der Waals surface area contributed by atoms with Gasteiger partial charge in [0.15, 0.2) is 0 Å². The Hall–Kier alpha value is -2.76. The van der Waals surface area contributed by atoms with E-state index < -0.39 is 0 Å². The Bertz CT molecular complexity index is 995. The minimum Gasteiger partial charge on any atom is -0.489 e. The smallest absolute Gasteiger partial charge is 0.253 e. The summed E-state index contributed by atoms with van der Waals surface area (Å²) in [6, 6.07) is 17.1. The van der Waals surface area contributed by atoms with Gasteiger partial charge in [0.1, 0.15) is 18.1 Å². The number of piperazine rings is 1. The molecule has 0 radical (unpaired) electrons. The summed E-state index contributed by atoms with van der Waals surface area (Å²) in [7, 11) is 0. The van der Waals surface area contributed by atoms with Crippen LogP contribution in [0.25, 0.3) is 0 Å². The fourth-order valence-corrected chi connectivity index (χ4v) is 3.87. The predicted octanol–water partition coefficient (Wildman–Crippen LogP) is 4.78. The number of benzene rings is 2. The Labute approximate surface area is 181 Å². The van der Waals surface area contributed by atoms with E-state index in [4.69, 9.17) is 20.8 Å². The zero-order valence-corrected chi connectivity index (χ0v) is 17.8. The van der Waals surface area contributed by atoms with Gasteiger partial charge in [0.2, 0.25) is 0 Å². The Kier molecular flexibility index (Phi) is 6.41. The molecule has 0 aliphatic carbocycles. The normalized spacial score (nSPS) is 14.7. The third-order valence-electron chi connectivity index (χ3n) is 5.32. The summed E-state index contributed by atoms with van der Waals surface area (Å²) in [4.78, 5) is 17.2. The largest absolute Gasteiger partial charge is 0.489 e. The number of aryl methyl sites for hydroxylation is 1. The molecular weight excluding hydrogens is 400 g/mol. The number of carbonyl (C=O) groups excluding carboxylic acids is 1. The molecule has 1 amide bonds. The zero-order valence-electron chi connectivity index (χ0n) is 17.0. The molecule has 1 aliphatic rings. The van der Waals surface area contributed by atoms with Crippen molar-refractivity contribution >= 4 is 17.5 Å². The van der Waals surface area contributed by atoms with E-state index in [2.05, 4.69) is 4.90 Å². The van der Waals surface area contributed by atoms with Crippen molar-refractivity contribution in [2.45, 2.75) is 20.1 Å². The summed E-state index contributed by atoms with van der Waals surface area (Å²) < 4.78 is 11.3. The molecule has 4 rings (SSSR count). The van der Waals surface area contributed by atoms with Crippen LogP contribution in [0.4, 0.5) is 0 Å².